The van der Waals surface area contributed by atoms with E-state index in [0.29, 0.717) is 27.4 Å². The third-order valence-corrected chi connectivity index (χ3v) is 5.43. The Hall–Kier alpha value is -2.41. The fourth-order valence-corrected chi connectivity index (χ4v) is 3.57. The minimum Gasteiger partial charge on any atom is -0.464 e. The topological polar surface area (TPSA) is 68.6 Å². The molecule has 2 heterocycles. The van der Waals surface area contributed by atoms with Gasteiger partial charge in [-0.3, -0.25) is 9.59 Å². The number of aromatic nitrogens is 1. The number of amides is 1. The van der Waals surface area contributed by atoms with E-state index in [2.05, 4.69) is 0 Å². The van der Waals surface area contributed by atoms with Crippen LogP contribution in [0.25, 0.3) is 0 Å². The van der Waals surface area contributed by atoms with E-state index >= 15 is 0 Å². The van der Waals surface area contributed by atoms with Gasteiger partial charge in [0.1, 0.15) is 5.69 Å². The molecule has 0 aliphatic rings. The number of ketones is 1. The maximum atomic E-state index is 13.0. The SMILES string of the molecule is COC(=O)c1c(C)c(C(=O)C(C)N(C)C(=O)c2cccs2)c(C)n1C. The summed E-state index contributed by atoms with van der Waals surface area (Å²) in [6, 6.07) is 2.88. The number of carbonyl (C=O) groups excluding carboxylic acids is 3. The lowest BCUT2D eigenvalue weighted by Crippen LogP contribution is -2.40. The maximum Gasteiger partial charge on any atom is 0.354 e. The summed E-state index contributed by atoms with van der Waals surface area (Å²) in [5.74, 6) is -0.888. The van der Waals surface area contributed by atoms with Gasteiger partial charge in [-0.1, -0.05) is 6.07 Å². The molecule has 1 amide bonds. The molecule has 0 spiro atoms. The van der Waals surface area contributed by atoms with Crippen LogP contribution in [0.1, 0.15) is 48.7 Å². The quantitative estimate of drug-likeness (QED) is 0.606. The zero-order valence-corrected chi connectivity index (χ0v) is 16.1. The van der Waals surface area contributed by atoms with E-state index in [9.17, 15) is 14.4 Å². The van der Waals surface area contributed by atoms with Crippen molar-refractivity contribution >= 4 is 29.0 Å². The first-order valence-corrected chi connectivity index (χ1v) is 8.69. The molecule has 2 aromatic heterocycles. The van der Waals surface area contributed by atoms with Gasteiger partial charge in [-0.25, -0.2) is 4.79 Å². The van der Waals surface area contributed by atoms with E-state index < -0.39 is 12.0 Å². The highest BCUT2D eigenvalue weighted by Crippen LogP contribution is 2.25. The number of rotatable bonds is 5. The van der Waals surface area contributed by atoms with E-state index in [4.69, 9.17) is 4.74 Å². The Balaban J connectivity index is 2.37. The maximum absolute atomic E-state index is 13.0. The number of esters is 1. The summed E-state index contributed by atoms with van der Waals surface area (Å²) in [6.07, 6.45) is 0. The molecule has 0 radical (unpaired) electrons. The van der Waals surface area contributed by atoms with Gasteiger partial charge in [-0.2, -0.15) is 0 Å². The van der Waals surface area contributed by atoms with Gasteiger partial charge in [-0.05, 0) is 37.8 Å². The summed E-state index contributed by atoms with van der Waals surface area (Å²) in [5.41, 5.74) is 2.05. The molecule has 1 atom stereocenters. The van der Waals surface area contributed by atoms with Gasteiger partial charge < -0.3 is 14.2 Å². The van der Waals surface area contributed by atoms with Gasteiger partial charge >= 0.3 is 5.97 Å². The molecule has 2 aromatic rings. The molecule has 2 rings (SSSR count). The molecule has 25 heavy (non-hydrogen) atoms. The van der Waals surface area contributed by atoms with Crippen LogP contribution in [0.5, 0.6) is 0 Å². The van der Waals surface area contributed by atoms with Crippen LogP contribution in [0, 0.1) is 13.8 Å². The number of hydrogen-bond acceptors (Lipinski definition) is 5. The summed E-state index contributed by atoms with van der Waals surface area (Å²) in [7, 11) is 4.64. The second-order valence-corrected chi connectivity index (χ2v) is 6.87. The number of nitrogens with zero attached hydrogens (tertiary/aromatic N) is 2. The lowest BCUT2D eigenvalue weighted by atomic mass is 10.00. The zero-order chi connectivity index (χ0) is 18.9. The first-order valence-electron chi connectivity index (χ1n) is 7.81. The van der Waals surface area contributed by atoms with Crippen molar-refractivity contribution in [2.24, 2.45) is 7.05 Å². The van der Waals surface area contributed by atoms with Crippen LogP contribution in [0.4, 0.5) is 0 Å². The molecule has 0 aromatic carbocycles. The lowest BCUT2D eigenvalue weighted by molar-refractivity contribution is 0.0588. The Labute approximate surface area is 151 Å². The predicted octanol–water partition coefficient (Wildman–Crippen LogP) is 2.83. The number of thiophene rings is 1. The monoisotopic (exact) mass is 362 g/mol. The van der Waals surface area contributed by atoms with E-state index in [1.807, 2.05) is 5.38 Å². The van der Waals surface area contributed by atoms with Crippen molar-refractivity contribution in [3.63, 3.8) is 0 Å². The summed E-state index contributed by atoms with van der Waals surface area (Å²) >= 11 is 1.34. The predicted molar refractivity (Wildman–Crippen MR) is 96.4 cm³/mol. The Bertz CT molecular complexity index is 821. The molecule has 0 N–H and O–H groups in total. The number of carbonyl (C=O) groups is 3. The van der Waals surface area contributed by atoms with Gasteiger partial charge in [0.05, 0.1) is 18.0 Å². The van der Waals surface area contributed by atoms with E-state index in [0.717, 1.165) is 0 Å². The van der Waals surface area contributed by atoms with E-state index in [1.54, 1.807) is 51.6 Å². The minimum absolute atomic E-state index is 0.199. The highest BCUT2D eigenvalue weighted by atomic mass is 32.1. The van der Waals surface area contributed by atoms with Gasteiger partial charge in [0.25, 0.3) is 5.91 Å². The first kappa shape index (κ1) is 18.9. The summed E-state index contributed by atoms with van der Waals surface area (Å²) in [4.78, 5) is 39.5. The summed E-state index contributed by atoms with van der Waals surface area (Å²) < 4.78 is 6.46. The van der Waals surface area contributed by atoms with Crippen molar-refractivity contribution in [2.75, 3.05) is 14.2 Å². The molecule has 6 nitrogen and oxygen atoms in total. The third kappa shape index (κ3) is 3.24. The average Bonchev–Trinajstić information content (AvgIpc) is 3.20. The van der Waals surface area contributed by atoms with Crippen molar-refractivity contribution in [1.29, 1.82) is 0 Å². The summed E-state index contributed by atoms with van der Waals surface area (Å²) in [6.45, 7) is 5.19. The van der Waals surface area contributed by atoms with Crippen LogP contribution in [0.15, 0.2) is 17.5 Å². The Morgan fingerprint density at radius 3 is 2.44 bits per heavy atom. The lowest BCUT2D eigenvalue weighted by Gasteiger charge is -2.23. The number of methoxy groups -OCH3 is 1. The number of hydrogen-bond donors (Lipinski definition) is 0. The molecule has 7 heteroatoms. The molecular formula is C18H22N2O4S. The zero-order valence-electron chi connectivity index (χ0n) is 15.2. The van der Waals surface area contributed by atoms with Crippen molar-refractivity contribution in [3.05, 3.63) is 44.9 Å². The highest BCUT2D eigenvalue weighted by Gasteiger charge is 2.31. The van der Waals surface area contributed by atoms with Crippen LogP contribution < -0.4 is 0 Å². The number of ether oxygens (including phenoxy) is 1. The average molecular weight is 362 g/mol. The molecule has 0 aliphatic heterocycles. The standard InChI is InChI=1S/C18H22N2O4S/c1-10-14(11(2)19(4)15(10)18(23)24-6)16(21)12(3)20(5)17(22)13-8-7-9-25-13/h7-9,12H,1-6H3. The van der Waals surface area contributed by atoms with Crippen molar-refractivity contribution in [3.8, 4) is 0 Å². The van der Waals surface area contributed by atoms with Gasteiger partial charge in [0.2, 0.25) is 0 Å². The van der Waals surface area contributed by atoms with E-state index in [1.165, 1.54) is 23.3 Å². The largest absolute Gasteiger partial charge is 0.464 e. The Kier molecular flexibility index (Phi) is 5.47. The Morgan fingerprint density at radius 1 is 1.28 bits per heavy atom. The third-order valence-electron chi connectivity index (χ3n) is 4.57. The molecule has 0 aliphatic carbocycles. The van der Waals surface area contributed by atoms with Gasteiger partial charge in [0, 0.05) is 25.4 Å². The minimum atomic E-state index is -0.653. The van der Waals surface area contributed by atoms with E-state index in [-0.39, 0.29) is 11.7 Å². The summed E-state index contributed by atoms with van der Waals surface area (Å²) in [5, 5.41) is 1.82. The fraction of sp³-hybridized carbons (Fsp3) is 0.389. The van der Waals surface area contributed by atoms with Gasteiger partial charge in [0.15, 0.2) is 5.78 Å². The second-order valence-electron chi connectivity index (χ2n) is 5.92. The smallest absolute Gasteiger partial charge is 0.354 e. The number of likely N-dealkylation sites (N-methyl/N-ethyl adjacent to an activating group) is 1. The Morgan fingerprint density at radius 2 is 1.92 bits per heavy atom. The van der Waals surface area contributed by atoms with Crippen LogP contribution in [0.3, 0.4) is 0 Å². The molecule has 1 unspecified atom stereocenters. The molecule has 0 saturated heterocycles. The number of Topliss-reactive ketones (excluding diaryl/α,β-unsaturated/α-hetero) is 1. The molecule has 0 fully saturated rings. The normalized spacial score (nSPS) is 11.9. The van der Waals surface area contributed by atoms with Crippen LogP contribution >= 0.6 is 11.3 Å². The van der Waals surface area contributed by atoms with Crippen LogP contribution in [0.2, 0.25) is 0 Å². The van der Waals surface area contributed by atoms with Crippen molar-refractivity contribution in [2.45, 2.75) is 26.8 Å². The fourth-order valence-electron chi connectivity index (χ4n) is 2.86. The van der Waals surface area contributed by atoms with Crippen LogP contribution in [-0.2, 0) is 11.8 Å². The second kappa shape index (κ2) is 7.23. The highest BCUT2D eigenvalue weighted by molar-refractivity contribution is 7.12. The van der Waals surface area contributed by atoms with Crippen molar-refractivity contribution < 1.29 is 19.1 Å². The van der Waals surface area contributed by atoms with Gasteiger partial charge in [-0.15, -0.1) is 11.3 Å². The van der Waals surface area contributed by atoms with Crippen LogP contribution in [-0.4, -0.2) is 47.3 Å². The molecule has 0 saturated carbocycles. The molecular weight excluding hydrogens is 340 g/mol. The molecule has 134 valence electrons. The molecule has 0 bridgehead atoms. The first-order chi connectivity index (χ1) is 11.7. The van der Waals surface area contributed by atoms with Crippen molar-refractivity contribution in [1.82, 2.24) is 9.47 Å².